The smallest absolute Gasteiger partial charge is 0.146 e. The maximum atomic E-state index is 13.6. The van der Waals surface area contributed by atoms with Gasteiger partial charge in [-0.05, 0) is 43.3 Å². The lowest BCUT2D eigenvalue weighted by Gasteiger charge is -2.16. The van der Waals surface area contributed by atoms with E-state index in [1.54, 1.807) is 7.05 Å². The van der Waals surface area contributed by atoms with E-state index in [0.717, 1.165) is 6.07 Å². The lowest BCUT2D eigenvalue weighted by Crippen LogP contribution is -2.21. The van der Waals surface area contributed by atoms with Gasteiger partial charge in [-0.2, -0.15) is 0 Å². The summed E-state index contributed by atoms with van der Waals surface area (Å²) in [7, 11) is 1.65. The molecule has 2 rings (SSSR count). The van der Waals surface area contributed by atoms with Gasteiger partial charge in [-0.25, -0.2) is 13.2 Å². The molecule has 0 saturated carbocycles. The van der Waals surface area contributed by atoms with Crippen LogP contribution in [0.5, 0.6) is 0 Å². The fourth-order valence-corrected chi connectivity index (χ4v) is 1.95. The highest BCUT2D eigenvalue weighted by Crippen LogP contribution is 2.20. The van der Waals surface area contributed by atoms with E-state index in [0.29, 0.717) is 5.56 Å². The van der Waals surface area contributed by atoms with Gasteiger partial charge in [0.25, 0.3) is 0 Å². The number of likely N-dealkylation sites (N-methyl/N-ethyl adjacent to an activating group) is 1. The molecule has 0 aliphatic heterocycles. The van der Waals surface area contributed by atoms with Crippen LogP contribution in [0.15, 0.2) is 36.5 Å². The first-order valence-corrected chi connectivity index (χ1v) is 5.83. The molecule has 0 aliphatic rings. The highest BCUT2D eigenvalue weighted by Gasteiger charge is 2.16. The Bertz CT molecular complexity index is 552. The second-order valence-corrected chi connectivity index (χ2v) is 4.19. The van der Waals surface area contributed by atoms with Gasteiger partial charge in [0.05, 0.1) is 11.7 Å². The van der Waals surface area contributed by atoms with E-state index in [2.05, 4.69) is 10.3 Å². The SMILES string of the molecule is CNC(Cc1cc(F)cc(F)c1)c1ncccc1F. The van der Waals surface area contributed by atoms with Crippen molar-refractivity contribution in [2.24, 2.45) is 0 Å². The number of halogens is 3. The molecule has 19 heavy (non-hydrogen) atoms. The number of hydrogen-bond donors (Lipinski definition) is 1. The zero-order chi connectivity index (χ0) is 13.8. The van der Waals surface area contributed by atoms with Crippen molar-refractivity contribution < 1.29 is 13.2 Å². The van der Waals surface area contributed by atoms with Crippen LogP contribution in [-0.4, -0.2) is 12.0 Å². The fourth-order valence-electron chi connectivity index (χ4n) is 1.95. The molecule has 5 heteroatoms. The van der Waals surface area contributed by atoms with Gasteiger partial charge in [-0.3, -0.25) is 4.98 Å². The van der Waals surface area contributed by atoms with Gasteiger partial charge in [0.15, 0.2) is 0 Å². The first-order chi connectivity index (χ1) is 9.10. The summed E-state index contributed by atoms with van der Waals surface area (Å²) in [6.07, 6.45) is 1.73. The average molecular weight is 266 g/mol. The molecule has 1 atom stereocenters. The second-order valence-electron chi connectivity index (χ2n) is 4.19. The van der Waals surface area contributed by atoms with Crippen molar-refractivity contribution in [1.82, 2.24) is 10.3 Å². The highest BCUT2D eigenvalue weighted by atomic mass is 19.1. The molecule has 0 radical (unpaired) electrons. The highest BCUT2D eigenvalue weighted by molar-refractivity contribution is 5.22. The van der Waals surface area contributed by atoms with Gasteiger partial charge in [-0.1, -0.05) is 0 Å². The molecule has 1 unspecified atom stereocenters. The second kappa shape index (κ2) is 5.84. The van der Waals surface area contributed by atoms with Crippen LogP contribution in [0.4, 0.5) is 13.2 Å². The molecular weight excluding hydrogens is 253 g/mol. The quantitative estimate of drug-likeness (QED) is 0.920. The molecule has 0 saturated heterocycles. The first kappa shape index (κ1) is 13.5. The summed E-state index contributed by atoms with van der Waals surface area (Å²) >= 11 is 0. The summed E-state index contributed by atoms with van der Waals surface area (Å²) in [6.45, 7) is 0. The molecule has 1 heterocycles. The van der Waals surface area contributed by atoms with Crippen LogP contribution in [0.2, 0.25) is 0 Å². The third kappa shape index (κ3) is 3.32. The van der Waals surface area contributed by atoms with E-state index in [1.165, 1.54) is 30.5 Å². The van der Waals surface area contributed by atoms with Crippen molar-refractivity contribution >= 4 is 0 Å². The lowest BCUT2D eigenvalue weighted by molar-refractivity contribution is 0.512. The van der Waals surface area contributed by atoms with Crippen molar-refractivity contribution in [2.75, 3.05) is 7.05 Å². The molecule has 2 aromatic rings. The van der Waals surface area contributed by atoms with E-state index >= 15 is 0 Å². The third-order valence-corrected chi connectivity index (χ3v) is 2.83. The zero-order valence-electron chi connectivity index (χ0n) is 10.3. The van der Waals surface area contributed by atoms with E-state index in [4.69, 9.17) is 0 Å². The number of benzene rings is 1. The Morgan fingerprint density at radius 1 is 1.16 bits per heavy atom. The van der Waals surface area contributed by atoms with Crippen LogP contribution >= 0.6 is 0 Å². The Balaban J connectivity index is 2.26. The van der Waals surface area contributed by atoms with Crippen molar-refractivity contribution in [3.05, 3.63) is 65.2 Å². The van der Waals surface area contributed by atoms with Crippen molar-refractivity contribution in [1.29, 1.82) is 0 Å². The predicted molar refractivity (Wildman–Crippen MR) is 66.1 cm³/mol. The summed E-state index contributed by atoms with van der Waals surface area (Å²) in [4.78, 5) is 3.97. The maximum absolute atomic E-state index is 13.6. The van der Waals surface area contributed by atoms with Crippen molar-refractivity contribution in [2.45, 2.75) is 12.5 Å². The number of rotatable bonds is 4. The minimum atomic E-state index is -0.647. The first-order valence-electron chi connectivity index (χ1n) is 5.83. The molecule has 0 spiro atoms. The molecule has 0 amide bonds. The van der Waals surface area contributed by atoms with Crippen molar-refractivity contribution in [3.63, 3.8) is 0 Å². The van der Waals surface area contributed by atoms with Gasteiger partial charge in [0, 0.05) is 12.3 Å². The predicted octanol–water partition coefficient (Wildman–Crippen LogP) is 3.00. The van der Waals surface area contributed by atoms with E-state index in [-0.39, 0.29) is 12.1 Å². The molecule has 0 fully saturated rings. The van der Waals surface area contributed by atoms with Crippen LogP contribution in [-0.2, 0) is 6.42 Å². The summed E-state index contributed by atoms with van der Waals surface area (Å²) in [5.41, 5.74) is 0.677. The minimum absolute atomic E-state index is 0.231. The summed E-state index contributed by atoms with van der Waals surface area (Å²) < 4.78 is 39.9. The largest absolute Gasteiger partial charge is 0.311 e. The fraction of sp³-hybridized carbons (Fsp3) is 0.214. The van der Waals surface area contributed by atoms with Crippen molar-refractivity contribution in [3.8, 4) is 0 Å². The van der Waals surface area contributed by atoms with E-state index in [9.17, 15) is 13.2 Å². The standard InChI is InChI=1S/C14H13F3N2/c1-18-13(14-12(17)3-2-4-19-14)7-9-5-10(15)8-11(16)6-9/h2-6,8,13,18H,7H2,1H3. The van der Waals surface area contributed by atoms with Crippen LogP contribution in [0.1, 0.15) is 17.3 Å². The molecule has 1 aromatic carbocycles. The summed E-state index contributed by atoms with van der Waals surface area (Å²) in [6, 6.07) is 5.62. The number of hydrogen-bond acceptors (Lipinski definition) is 2. The lowest BCUT2D eigenvalue weighted by atomic mass is 10.0. The topological polar surface area (TPSA) is 24.9 Å². The molecule has 0 bridgehead atoms. The third-order valence-electron chi connectivity index (χ3n) is 2.83. The number of nitrogens with zero attached hydrogens (tertiary/aromatic N) is 1. The van der Waals surface area contributed by atoms with Gasteiger partial charge >= 0.3 is 0 Å². The molecule has 0 aliphatic carbocycles. The Morgan fingerprint density at radius 3 is 2.42 bits per heavy atom. The molecular formula is C14H13F3N2. The van der Waals surface area contributed by atoms with Crippen LogP contribution in [0, 0.1) is 17.5 Å². The molecule has 2 nitrogen and oxygen atoms in total. The van der Waals surface area contributed by atoms with Gasteiger partial charge in [0.1, 0.15) is 17.5 Å². The van der Waals surface area contributed by atoms with Gasteiger partial charge in [0.2, 0.25) is 0 Å². The van der Waals surface area contributed by atoms with Crippen LogP contribution in [0.3, 0.4) is 0 Å². The Labute approximate surface area is 109 Å². The van der Waals surface area contributed by atoms with Gasteiger partial charge in [-0.15, -0.1) is 0 Å². The maximum Gasteiger partial charge on any atom is 0.146 e. The number of pyridine rings is 1. The average Bonchev–Trinajstić information content (AvgIpc) is 2.36. The minimum Gasteiger partial charge on any atom is -0.311 e. The Hall–Kier alpha value is -1.88. The molecule has 1 N–H and O–H groups in total. The molecule has 100 valence electrons. The summed E-state index contributed by atoms with van der Waals surface area (Å²) in [5, 5.41) is 2.90. The van der Waals surface area contributed by atoms with Crippen LogP contribution < -0.4 is 5.32 Å². The Kier molecular flexibility index (Phi) is 4.16. The Morgan fingerprint density at radius 2 is 1.84 bits per heavy atom. The number of aromatic nitrogens is 1. The number of nitrogens with one attached hydrogen (secondary N) is 1. The normalized spacial score (nSPS) is 12.4. The van der Waals surface area contributed by atoms with E-state index in [1.807, 2.05) is 0 Å². The molecule has 1 aromatic heterocycles. The zero-order valence-corrected chi connectivity index (χ0v) is 10.3. The monoisotopic (exact) mass is 266 g/mol. The van der Waals surface area contributed by atoms with Gasteiger partial charge < -0.3 is 5.32 Å². The van der Waals surface area contributed by atoms with Crippen LogP contribution in [0.25, 0.3) is 0 Å². The van der Waals surface area contributed by atoms with E-state index < -0.39 is 23.5 Å². The summed E-state index contributed by atoms with van der Waals surface area (Å²) in [5.74, 6) is -1.74.